The fourth-order valence-electron chi connectivity index (χ4n) is 2.08. The van der Waals surface area contributed by atoms with Gasteiger partial charge in [0.2, 0.25) is 0 Å². The zero-order chi connectivity index (χ0) is 18.4. The van der Waals surface area contributed by atoms with E-state index in [0.717, 1.165) is 0 Å². The van der Waals surface area contributed by atoms with Gasteiger partial charge in [0.15, 0.2) is 0 Å². The van der Waals surface area contributed by atoms with E-state index in [1.165, 1.54) is 35.6 Å². The first-order valence-corrected chi connectivity index (χ1v) is 8.50. The van der Waals surface area contributed by atoms with Crippen LogP contribution in [0.25, 0.3) is 0 Å². The zero-order valence-corrected chi connectivity index (χ0v) is 14.6. The Balaban J connectivity index is 1.95. The first kappa shape index (κ1) is 18.6. The Morgan fingerprint density at radius 3 is 2.44 bits per heavy atom. The van der Waals surface area contributed by atoms with Crippen LogP contribution in [0.15, 0.2) is 41.8 Å². The van der Waals surface area contributed by atoms with Crippen LogP contribution in [-0.2, 0) is 16.1 Å². The molecule has 25 heavy (non-hydrogen) atoms. The Kier molecular flexibility index (Phi) is 6.24. The van der Waals surface area contributed by atoms with Crippen LogP contribution in [0.2, 0.25) is 0 Å². The number of benzene rings is 1. The molecule has 7 nitrogen and oxygen atoms in total. The SMILES string of the molecule is CC(C)[C@H](NC(=O)c1cccs1)C(=O)OCc1ccc([N+](=O)[O-])cc1. The highest BCUT2D eigenvalue weighted by molar-refractivity contribution is 7.12. The zero-order valence-electron chi connectivity index (χ0n) is 13.8. The van der Waals surface area contributed by atoms with Crippen LogP contribution < -0.4 is 5.32 Å². The molecule has 1 aromatic carbocycles. The Labute approximate surface area is 148 Å². The van der Waals surface area contributed by atoms with Gasteiger partial charge in [-0.15, -0.1) is 11.3 Å². The number of rotatable bonds is 7. The van der Waals surface area contributed by atoms with Crippen molar-refractivity contribution >= 4 is 28.9 Å². The molecular formula is C17H18N2O5S. The topological polar surface area (TPSA) is 98.5 Å². The fraction of sp³-hybridized carbons (Fsp3) is 0.294. The molecular weight excluding hydrogens is 344 g/mol. The molecule has 1 amide bonds. The van der Waals surface area contributed by atoms with Crippen molar-refractivity contribution in [1.29, 1.82) is 0 Å². The van der Waals surface area contributed by atoms with Crippen LogP contribution in [-0.4, -0.2) is 22.8 Å². The van der Waals surface area contributed by atoms with E-state index in [1.54, 1.807) is 17.5 Å². The summed E-state index contributed by atoms with van der Waals surface area (Å²) in [5, 5.41) is 15.1. The lowest BCUT2D eigenvalue weighted by molar-refractivity contribution is -0.384. The molecule has 2 rings (SSSR count). The summed E-state index contributed by atoms with van der Waals surface area (Å²) in [7, 11) is 0. The first-order chi connectivity index (χ1) is 11.9. The molecule has 0 unspecified atom stereocenters. The third kappa shape index (κ3) is 5.12. The summed E-state index contributed by atoms with van der Waals surface area (Å²) < 4.78 is 5.25. The van der Waals surface area contributed by atoms with E-state index in [-0.39, 0.29) is 24.1 Å². The standard InChI is InChI=1S/C17H18N2O5S/c1-11(2)15(18-16(20)14-4-3-9-25-14)17(21)24-10-12-5-7-13(8-6-12)19(22)23/h3-9,11,15H,10H2,1-2H3,(H,18,20)/t15-/m0/s1. The van der Waals surface area contributed by atoms with Gasteiger partial charge in [-0.3, -0.25) is 14.9 Å². The number of nitro benzene ring substituents is 1. The van der Waals surface area contributed by atoms with Gasteiger partial charge in [-0.1, -0.05) is 19.9 Å². The number of amides is 1. The van der Waals surface area contributed by atoms with E-state index < -0.39 is 16.9 Å². The third-order valence-electron chi connectivity index (χ3n) is 3.48. The molecule has 1 heterocycles. The summed E-state index contributed by atoms with van der Waals surface area (Å²) in [5.41, 5.74) is 0.601. The lowest BCUT2D eigenvalue weighted by Gasteiger charge is -2.20. The third-order valence-corrected chi connectivity index (χ3v) is 4.35. The number of thiophene rings is 1. The van der Waals surface area contributed by atoms with Gasteiger partial charge in [0.1, 0.15) is 12.6 Å². The Morgan fingerprint density at radius 1 is 1.24 bits per heavy atom. The van der Waals surface area contributed by atoms with Crippen molar-refractivity contribution in [2.24, 2.45) is 5.92 Å². The van der Waals surface area contributed by atoms with Crippen LogP contribution in [0.3, 0.4) is 0 Å². The predicted octanol–water partition coefficient (Wildman–Crippen LogP) is 3.15. The first-order valence-electron chi connectivity index (χ1n) is 7.63. The van der Waals surface area contributed by atoms with Crippen LogP contribution in [0.5, 0.6) is 0 Å². The average Bonchev–Trinajstić information content (AvgIpc) is 3.12. The number of esters is 1. The monoisotopic (exact) mass is 362 g/mol. The molecule has 8 heteroatoms. The van der Waals surface area contributed by atoms with Crippen LogP contribution in [0.1, 0.15) is 29.1 Å². The Hall–Kier alpha value is -2.74. The van der Waals surface area contributed by atoms with Crippen molar-refractivity contribution in [2.75, 3.05) is 0 Å². The minimum absolute atomic E-state index is 0.0189. The van der Waals surface area contributed by atoms with Crippen molar-refractivity contribution in [3.05, 3.63) is 62.3 Å². The summed E-state index contributed by atoms with van der Waals surface area (Å²) in [6.45, 7) is 3.61. The normalized spacial score (nSPS) is 11.8. The van der Waals surface area contributed by atoms with Gasteiger partial charge in [-0.2, -0.15) is 0 Å². The average molecular weight is 362 g/mol. The van der Waals surface area contributed by atoms with Gasteiger partial charge in [0.25, 0.3) is 11.6 Å². The van der Waals surface area contributed by atoms with Crippen LogP contribution in [0.4, 0.5) is 5.69 Å². The lowest BCUT2D eigenvalue weighted by atomic mass is 10.0. The van der Waals surface area contributed by atoms with E-state index in [9.17, 15) is 19.7 Å². The molecule has 1 atom stereocenters. The summed E-state index contributed by atoms with van der Waals surface area (Å²) >= 11 is 1.29. The minimum Gasteiger partial charge on any atom is -0.459 e. The maximum Gasteiger partial charge on any atom is 0.329 e. The number of nitrogens with one attached hydrogen (secondary N) is 1. The lowest BCUT2D eigenvalue weighted by Crippen LogP contribution is -2.45. The Morgan fingerprint density at radius 2 is 1.92 bits per heavy atom. The maximum atomic E-state index is 12.3. The highest BCUT2D eigenvalue weighted by Gasteiger charge is 2.26. The molecule has 0 saturated carbocycles. The summed E-state index contributed by atoms with van der Waals surface area (Å²) in [4.78, 5) is 35.1. The van der Waals surface area contributed by atoms with Crippen molar-refractivity contribution in [3.8, 4) is 0 Å². The number of ether oxygens (including phenoxy) is 1. The summed E-state index contributed by atoms with van der Waals surface area (Å²) in [6.07, 6.45) is 0. The van der Waals surface area contributed by atoms with Crippen LogP contribution >= 0.6 is 11.3 Å². The van der Waals surface area contributed by atoms with Gasteiger partial charge in [-0.25, -0.2) is 4.79 Å². The molecule has 1 aromatic heterocycles. The quantitative estimate of drug-likeness (QED) is 0.463. The van der Waals surface area contributed by atoms with Gasteiger partial charge < -0.3 is 10.1 Å². The van der Waals surface area contributed by atoms with Crippen molar-refractivity contribution < 1.29 is 19.2 Å². The molecule has 0 bridgehead atoms. The molecule has 0 saturated heterocycles. The molecule has 0 spiro atoms. The number of hydrogen-bond donors (Lipinski definition) is 1. The predicted molar refractivity (Wildman–Crippen MR) is 93.3 cm³/mol. The number of nitro groups is 1. The number of carbonyl (C=O) groups excluding carboxylic acids is 2. The number of nitrogens with zero attached hydrogens (tertiary/aromatic N) is 1. The molecule has 0 aliphatic carbocycles. The van der Waals surface area contributed by atoms with E-state index >= 15 is 0 Å². The largest absolute Gasteiger partial charge is 0.459 e. The molecule has 0 aliphatic heterocycles. The molecule has 2 aromatic rings. The highest BCUT2D eigenvalue weighted by Crippen LogP contribution is 2.14. The van der Waals surface area contributed by atoms with E-state index in [1.807, 2.05) is 13.8 Å². The highest BCUT2D eigenvalue weighted by atomic mass is 32.1. The van der Waals surface area contributed by atoms with Crippen molar-refractivity contribution in [1.82, 2.24) is 5.32 Å². The molecule has 1 N–H and O–H groups in total. The van der Waals surface area contributed by atoms with E-state index in [4.69, 9.17) is 4.74 Å². The Bertz CT molecular complexity index is 741. The van der Waals surface area contributed by atoms with Gasteiger partial charge >= 0.3 is 5.97 Å². The number of hydrogen-bond acceptors (Lipinski definition) is 6. The molecule has 0 aliphatic rings. The smallest absolute Gasteiger partial charge is 0.329 e. The number of non-ortho nitro benzene ring substituents is 1. The summed E-state index contributed by atoms with van der Waals surface area (Å²) in [5.74, 6) is -1.01. The summed E-state index contributed by atoms with van der Waals surface area (Å²) in [6, 6.07) is 8.42. The van der Waals surface area contributed by atoms with Crippen molar-refractivity contribution in [3.63, 3.8) is 0 Å². The second-order valence-electron chi connectivity index (χ2n) is 5.70. The van der Waals surface area contributed by atoms with E-state index in [2.05, 4.69) is 5.32 Å². The minimum atomic E-state index is -0.771. The van der Waals surface area contributed by atoms with Crippen molar-refractivity contribution in [2.45, 2.75) is 26.5 Å². The van der Waals surface area contributed by atoms with Gasteiger partial charge in [-0.05, 0) is 35.1 Å². The second-order valence-corrected chi connectivity index (χ2v) is 6.65. The number of carbonyl (C=O) groups is 2. The fourth-order valence-corrected chi connectivity index (χ4v) is 2.70. The molecule has 0 fully saturated rings. The molecule has 132 valence electrons. The van der Waals surface area contributed by atoms with E-state index in [0.29, 0.717) is 10.4 Å². The maximum absolute atomic E-state index is 12.3. The van der Waals surface area contributed by atoms with Crippen LogP contribution in [0, 0.1) is 16.0 Å². The molecule has 0 radical (unpaired) electrons. The van der Waals surface area contributed by atoms with Gasteiger partial charge in [0, 0.05) is 12.1 Å². The second kappa shape index (κ2) is 8.39. The van der Waals surface area contributed by atoms with Gasteiger partial charge in [0.05, 0.1) is 9.80 Å².